The maximum atomic E-state index is 13.3. The van der Waals surface area contributed by atoms with Crippen LogP contribution in [0, 0.1) is 22.9 Å². The molecule has 0 radical (unpaired) electrons. The van der Waals surface area contributed by atoms with Crippen LogP contribution in [-0.4, -0.2) is 16.0 Å². The van der Waals surface area contributed by atoms with Crippen molar-refractivity contribution in [2.45, 2.75) is 6.92 Å². The first kappa shape index (κ1) is 14.4. The summed E-state index contributed by atoms with van der Waals surface area (Å²) >= 11 is 0. The zero-order valence-electron chi connectivity index (χ0n) is 10.9. The molecule has 0 aliphatic heterocycles. The van der Waals surface area contributed by atoms with E-state index in [0.29, 0.717) is 5.56 Å². The predicted octanol–water partition coefficient (Wildman–Crippen LogP) is 3.53. The first-order valence-electron chi connectivity index (χ1n) is 5.85. The second kappa shape index (κ2) is 5.58. The van der Waals surface area contributed by atoms with Crippen LogP contribution in [0.15, 0.2) is 36.4 Å². The molecule has 0 aliphatic carbocycles. The van der Waals surface area contributed by atoms with Crippen LogP contribution >= 0.6 is 0 Å². The molecule has 0 spiro atoms. The smallest absolute Gasteiger partial charge is 0.339 e. The number of nitrogens with zero attached hydrogens (tertiary/aromatic N) is 1. The largest absolute Gasteiger partial charge is 0.478 e. The summed E-state index contributed by atoms with van der Waals surface area (Å²) in [5.41, 5.74) is -0.141. The van der Waals surface area contributed by atoms with Gasteiger partial charge in [-0.1, -0.05) is 12.1 Å². The van der Waals surface area contributed by atoms with Crippen molar-refractivity contribution in [1.29, 1.82) is 0 Å². The van der Waals surface area contributed by atoms with Crippen LogP contribution in [-0.2, 0) is 0 Å². The fraction of sp³-hybridized carbons (Fsp3) is 0.0714. The minimum absolute atomic E-state index is 0.0568. The number of aromatic carboxylic acids is 1. The van der Waals surface area contributed by atoms with Gasteiger partial charge in [0.1, 0.15) is 17.1 Å². The Morgan fingerprint density at radius 3 is 2.67 bits per heavy atom. The van der Waals surface area contributed by atoms with Gasteiger partial charge in [0.2, 0.25) is 5.75 Å². The van der Waals surface area contributed by atoms with Crippen molar-refractivity contribution in [2.24, 2.45) is 0 Å². The lowest BCUT2D eigenvalue weighted by Gasteiger charge is -2.11. The van der Waals surface area contributed by atoms with Gasteiger partial charge >= 0.3 is 11.7 Å². The van der Waals surface area contributed by atoms with Crippen molar-refractivity contribution in [3.63, 3.8) is 0 Å². The fourth-order valence-electron chi connectivity index (χ4n) is 1.79. The number of nitro groups is 1. The molecule has 0 bridgehead atoms. The molecule has 0 saturated carbocycles. The van der Waals surface area contributed by atoms with Gasteiger partial charge < -0.3 is 9.84 Å². The standard InChI is InChI=1S/C14H10FNO5/c1-8-3-2-4-10(14(17)18)13(8)21-12-7-9(15)5-6-11(12)16(19)20/h2-7H,1H3,(H,17,18). The molecule has 2 rings (SSSR count). The van der Waals surface area contributed by atoms with E-state index in [0.717, 1.165) is 18.2 Å². The van der Waals surface area contributed by atoms with Gasteiger partial charge in [0.25, 0.3) is 0 Å². The van der Waals surface area contributed by atoms with Gasteiger partial charge in [0, 0.05) is 12.1 Å². The molecule has 2 aromatic rings. The van der Waals surface area contributed by atoms with Gasteiger partial charge in [-0.25, -0.2) is 9.18 Å². The highest BCUT2D eigenvalue weighted by molar-refractivity contribution is 5.91. The molecule has 7 heteroatoms. The number of para-hydroxylation sites is 1. The number of nitro benzene ring substituents is 1. The summed E-state index contributed by atoms with van der Waals surface area (Å²) in [5.74, 6) is -2.37. The SMILES string of the molecule is Cc1cccc(C(=O)O)c1Oc1cc(F)ccc1[N+](=O)[O-]. The summed E-state index contributed by atoms with van der Waals surface area (Å²) in [6.45, 7) is 1.59. The van der Waals surface area contributed by atoms with Crippen LogP contribution in [0.3, 0.4) is 0 Å². The summed E-state index contributed by atoms with van der Waals surface area (Å²) in [5, 5.41) is 20.0. The maximum absolute atomic E-state index is 13.3. The number of halogens is 1. The highest BCUT2D eigenvalue weighted by Gasteiger charge is 2.20. The summed E-state index contributed by atoms with van der Waals surface area (Å²) in [6, 6.07) is 7.15. The second-order valence-electron chi connectivity index (χ2n) is 4.23. The Morgan fingerprint density at radius 1 is 1.33 bits per heavy atom. The van der Waals surface area contributed by atoms with Gasteiger partial charge in [0.15, 0.2) is 0 Å². The number of ether oxygens (including phenoxy) is 1. The van der Waals surface area contributed by atoms with E-state index in [2.05, 4.69) is 0 Å². The highest BCUT2D eigenvalue weighted by atomic mass is 19.1. The van der Waals surface area contributed by atoms with Gasteiger partial charge in [-0.3, -0.25) is 10.1 Å². The van der Waals surface area contributed by atoms with E-state index >= 15 is 0 Å². The van der Waals surface area contributed by atoms with Crippen molar-refractivity contribution in [3.8, 4) is 11.5 Å². The Labute approximate surface area is 118 Å². The molecule has 21 heavy (non-hydrogen) atoms. The molecular formula is C14H10FNO5. The summed E-state index contributed by atoms with van der Waals surface area (Å²) in [6.07, 6.45) is 0. The second-order valence-corrected chi connectivity index (χ2v) is 4.23. The molecule has 1 N–H and O–H groups in total. The summed E-state index contributed by atoms with van der Waals surface area (Å²) in [4.78, 5) is 21.3. The Kier molecular flexibility index (Phi) is 3.84. The van der Waals surface area contributed by atoms with Crippen molar-refractivity contribution >= 4 is 11.7 Å². The minimum atomic E-state index is -1.24. The van der Waals surface area contributed by atoms with Crippen LogP contribution in [0.1, 0.15) is 15.9 Å². The zero-order valence-corrected chi connectivity index (χ0v) is 10.9. The molecule has 0 fully saturated rings. The van der Waals surface area contributed by atoms with Crippen molar-refractivity contribution in [2.75, 3.05) is 0 Å². The highest BCUT2D eigenvalue weighted by Crippen LogP contribution is 2.35. The molecule has 2 aromatic carbocycles. The maximum Gasteiger partial charge on any atom is 0.339 e. The topological polar surface area (TPSA) is 89.7 Å². The van der Waals surface area contributed by atoms with Gasteiger partial charge in [-0.15, -0.1) is 0 Å². The number of hydrogen-bond acceptors (Lipinski definition) is 4. The quantitative estimate of drug-likeness (QED) is 0.687. The van der Waals surface area contributed by atoms with E-state index in [4.69, 9.17) is 9.84 Å². The summed E-state index contributed by atoms with van der Waals surface area (Å²) < 4.78 is 18.6. The first-order valence-corrected chi connectivity index (χ1v) is 5.85. The van der Waals surface area contributed by atoms with Crippen LogP contribution in [0.4, 0.5) is 10.1 Å². The van der Waals surface area contributed by atoms with Gasteiger partial charge in [0.05, 0.1) is 4.92 Å². The van der Waals surface area contributed by atoms with Crippen molar-refractivity contribution < 1.29 is 24.0 Å². The Bertz CT molecular complexity index is 729. The average molecular weight is 291 g/mol. The number of carbonyl (C=O) groups is 1. The first-order chi connectivity index (χ1) is 9.90. The lowest BCUT2D eigenvalue weighted by molar-refractivity contribution is -0.385. The number of rotatable bonds is 4. The number of carboxylic acids is 1. The molecule has 0 aliphatic rings. The molecule has 6 nitrogen and oxygen atoms in total. The molecule has 0 atom stereocenters. The van der Waals surface area contributed by atoms with E-state index in [1.54, 1.807) is 13.0 Å². The molecule has 0 heterocycles. The summed E-state index contributed by atoms with van der Waals surface area (Å²) in [7, 11) is 0. The van der Waals surface area contributed by atoms with Crippen LogP contribution < -0.4 is 4.74 Å². The molecule has 0 saturated heterocycles. The predicted molar refractivity (Wildman–Crippen MR) is 71.3 cm³/mol. The third-order valence-corrected chi connectivity index (χ3v) is 2.77. The molecule has 0 amide bonds. The van der Waals surface area contributed by atoms with E-state index in [9.17, 15) is 19.3 Å². The third kappa shape index (κ3) is 2.97. The van der Waals surface area contributed by atoms with E-state index in [-0.39, 0.29) is 17.1 Å². The Morgan fingerprint density at radius 2 is 2.05 bits per heavy atom. The monoisotopic (exact) mass is 291 g/mol. The van der Waals surface area contributed by atoms with E-state index in [1.807, 2.05) is 0 Å². The third-order valence-electron chi connectivity index (χ3n) is 2.77. The van der Waals surface area contributed by atoms with Crippen molar-refractivity contribution in [3.05, 3.63) is 63.5 Å². The molecule has 0 aromatic heterocycles. The van der Waals surface area contributed by atoms with Crippen LogP contribution in [0.2, 0.25) is 0 Å². The van der Waals surface area contributed by atoms with E-state index in [1.165, 1.54) is 12.1 Å². The number of aryl methyl sites for hydroxylation is 1. The number of benzene rings is 2. The molecular weight excluding hydrogens is 281 g/mol. The lowest BCUT2D eigenvalue weighted by atomic mass is 10.1. The van der Waals surface area contributed by atoms with Crippen LogP contribution in [0.25, 0.3) is 0 Å². The van der Waals surface area contributed by atoms with Crippen LogP contribution in [0.5, 0.6) is 11.5 Å². The number of hydrogen-bond donors (Lipinski definition) is 1. The Hall–Kier alpha value is -2.96. The lowest BCUT2D eigenvalue weighted by Crippen LogP contribution is -2.03. The normalized spacial score (nSPS) is 10.2. The zero-order chi connectivity index (χ0) is 15.6. The van der Waals surface area contributed by atoms with Gasteiger partial charge in [-0.2, -0.15) is 0 Å². The molecule has 0 unspecified atom stereocenters. The molecule has 108 valence electrons. The average Bonchev–Trinajstić information content (AvgIpc) is 2.40. The van der Waals surface area contributed by atoms with Crippen molar-refractivity contribution in [1.82, 2.24) is 0 Å². The minimum Gasteiger partial charge on any atom is -0.478 e. The van der Waals surface area contributed by atoms with E-state index < -0.39 is 22.4 Å². The fourth-order valence-corrected chi connectivity index (χ4v) is 1.79. The number of carboxylic acid groups (broad SMARTS) is 1. The van der Waals surface area contributed by atoms with Gasteiger partial charge in [-0.05, 0) is 24.6 Å². The Balaban J connectivity index is 2.55.